The first kappa shape index (κ1) is 25.8. The standard InChI is InChI=1S/C26H35NO4S2/c1-15(2)26(9-8-19-14-32-17(4)27-19)12-21(29)23(24(30)31-26)33-22-10-16(3)18(13-28)11-20(22)25(5,6)7/h10-11,14-15,28-29H,8-9,12-13H2,1-7H3. The maximum atomic E-state index is 13.2. The van der Waals surface area contributed by atoms with E-state index in [0.29, 0.717) is 19.3 Å². The number of hydrogen-bond donors (Lipinski definition) is 2. The lowest BCUT2D eigenvalue weighted by atomic mass is 9.80. The lowest BCUT2D eigenvalue weighted by Crippen LogP contribution is -2.44. The van der Waals surface area contributed by atoms with Crippen LogP contribution in [0.25, 0.3) is 0 Å². The van der Waals surface area contributed by atoms with Crippen molar-refractivity contribution in [3.63, 3.8) is 0 Å². The highest BCUT2D eigenvalue weighted by molar-refractivity contribution is 8.04. The smallest absolute Gasteiger partial charge is 0.349 e. The second-order valence-corrected chi connectivity index (χ2v) is 12.3. The number of aliphatic hydroxyl groups is 2. The van der Waals surface area contributed by atoms with Crippen LogP contribution in [0.15, 0.2) is 33.1 Å². The fourth-order valence-electron chi connectivity index (χ4n) is 4.14. The molecule has 2 N–H and O–H groups in total. The lowest BCUT2D eigenvalue weighted by molar-refractivity contribution is -0.164. The number of aromatic nitrogens is 1. The molecule has 5 nitrogen and oxygen atoms in total. The number of esters is 1. The van der Waals surface area contributed by atoms with Crippen molar-refractivity contribution in [2.45, 2.75) is 90.2 Å². The second kappa shape index (κ2) is 9.80. The van der Waals surface area contributed by atoms with Crippen LogP contribution >= 0.6 is 23.1 Å². The van der Waals surface area contributed by atoms with E-state index in [2.05, 4.69) is 25.8 Å². The fraction of sp³-hybridized carbons (Fsp3) is 0.538. The molecule has 180 valence electrons. The largest absolute Gasteiger partial charge is 0.511 e. The van der Waals surface area contributed by atoms with Gasteiger partial charge in [-0.05, 0) is 60.8 Å². The zero-order valence-electron chi connectivity index (χ0n) is 20.6. The zero-order chi connectivity index (χ0) is 24.6. The zero-order valence-corrected chi connectivity index (χ0v) is 22.2. The van der Waals surface area contributed by atoms with Crippen LogP contribution in [-0.4, -0.2) is 26.8 Å². The van der Waals surface area contributed by atoms with Crippen molar-refractivity contribution in [1.82, 2.24) is 4.98 Å². The van der Waals surface area contributed by atoms with Gasteiger partial charge in [0, 0.05) is 16.7 Å². The molecule has 2 heterocycles. The molecule has 33 heavy (non-hydrogen) atoms. The molecule has 0 fully saturated rings. The topological polar surface area (TPSA) is 79.7 Å². The molecule has 0 radical (unpaired) electrons. The maximum Gasteiger partial charge on any atom is 0.349 e. The van der Waals surface area contributed by atoms with Gasteiger partial charge in [-0.3, -0.25) is 0 Å². The Labute approximate surface area is 205 Å². The van der Waals surface area contributed by atoms with Gasteiger partial charge in [-0.2, -0.15) is 0 Å². The van der Waals surface area contributed by atoms with E-state index in [9.17, 15) is 15.0 Å². The molecule has 1 aromatic heterocycles. The number of hydrogen-bond acceptors (Lipinski definition) is 7. The van der Waals surface area contributed by atoms with E-state index in [0.717, 1.165) is 32.3 Å². The third kappa shape index (κ3) is 5.64. The van der Waals surface area contributed by atoms with Crippen molar-refractivity contribution < 1.29 is 19.7 Å². The minimum absolute atomic E-state index is 0.0364. The van der Waals surface area contributed by atoms with Crippen molar-refractivity contribution in [3.8, 4) is 0 Å². The first-order valence-electron chi connectivity index (χ1n) is 11.4. The normalized spacial score (nSPS) is 19.4. The van der Waals surface area contributed by atoms with E-state index in [1.165, 1.54) is 11.8 Å². The Balaban J connectivity index is 1.92. The summed E-state index contributed by atoms with van der Waals surface area (Å²) in [7, 11) is 0. The molecule has 0 bridgehead atoms. The highest BCUT2D eigenvalue weighted by Crippen LogP contribution is 2.45. The van der Waals surface area contributed by atoms with Crippen molar-refractivity contribution >= 4 is 29.1 Å². The number of carbonyl (C=O) groups excluding carboxylic acids is 1. The van der Waals surface area contributed by atoms with Gasteiger partial charge in [-0.1, -0.05) is 52.4 Å². The Hall–Kier alpha value is -1.83. The van der Waals surface area contributed by atoms with Crippen LogP contribution in [0.4, 0.5) is 0 Å². The molecule has 1 aliphatic heterocycles. The van der Waals surface area contributed by atoms with Crippen molar-refractivity contribution in [2.24, 2.45) is 5.92 Å². The number of rotatable bonds is 7. The van der Waals surface area contributed by atoms with Gasteiger partial charge in [-0.15, -0.1) is 11.3 Å². The second-order valence-electron chi connectivity index (χ2n) is 10.2. The van der Waals surface area contributed by atoms with Crippen molar-refractivity contribution in [2.75, 3.05) is 0 Å². The molecule has 0 spiro atoms. The third-order valence-corrected chi connectivity index (χ3v) is 8.35. The predicted molar refractivity (Wildman–Crippen MR) is 135 cm³/mol. The Bertz CT molecular complexity index is 1060. The van der Waals surface area contributed by atoms with Crippen molar-refractivity contribution in [3.05, 3.63) is 55.6 Å². The minimum atomic E-state index is -0.758. The van der Waals surface area contributed by atoms with Gasteiger partial charge in [0.1, 0.15) is 16.3 Å². The summed E-state index contributed by atoms with van der Waals surface area (Å²) in [6, 6.07) is 3.98. The Morgan fingerprint density at radius 3 is 2.48 bits per heavy atom. The number of thioether (sulfide) groups is 1. The molecular formula is C26H35NO4S2. The van der Waals surface area contributed by atoms with E-state index in [1.807, 2.05) is 45.2 Å². The molecule has 1 atom stereocenters. The maximum absolute atomic E-state index is 13.2. The monoisotopic (exact) mass is 489 g/mol. The quantitative estimate of drug-likeness (QED) is 0.439. The number of thiazole rings is 1. The van der Waals surface area contributed by atoms with Gasteiger partial charge in [0.15, 0.2) is 0 Å². The number of ether oxygens (including phenoxy) is 1. The van der Waals surface area contributed by atoms with Crippen LogP contribution in [0, 0.1) is 19.8 Å². The summed E-state index contributed by atoms with van der Waals surface area (Å²) in [6.07, 6.45) is 1.60. The summed E-state index contributed by atoms with van der Waals surface area (Å²) in [5.74, 6) is -0.343. The van der Waals surface area contributed by atoms with Gasteiger partial charge in [0.25, 0.3) is 0 Å². The summed E-state index contributed by atoms with van der Waals surface area (Å²) in [4.78, 5) is 18.9. The molecule has 1 aromatic carbocycles. The molecule has 7 heteroatoms. The molecule has 3 rings (SSSR count). The van der Waals surface area contributed by atoms with Gasteiger partial charge in [0.05, 0.1) is 17.3 Å². The van der Waals surface area contributed by atoms with Crippen LogP contribution in [0.1, 0.15) is 74.9 Å². The van der Waals surface area contributed by atoms with E-state index in [-0.39, 0.29) is 28.6 Å². The third-order valence-electron chi connectivity index (χ3n) is 6.36. The van der Waals surface area contributed by atoms with Crippen LogP contribution in [0.3, 0.4) is 0 Å². The summed E-state index contributed by atoms with van der Waals surface area (Å²) < 4.78 is 6.08. The van der Waals surface area contributed by atoms with Crippen molar-refractivity contribution in [1.29, 1.82) is 0 Å². The number of nitrogens with zero attached hydrogens (tertiary/aromatic N) is 1. The first-order valence-corrected chi connectivity index (χ1v) is 13.0. The lowest BCUT2D eigenvalue weighted by Gasteiger charge is -2.40. The Morgan fingerprint density at radius 2 is 1.97 bits per heavy atom. The van der Waals surface area contributed by atoms with E-state index in [1.54, 1.807) is 11.3 Å². The Kier molecular flexibility index (Phi) is 7.66. The average molecular weight is 490 g/mol. The average Bonchev–Trinajstić information content (AvgIpc) is 3.13. The first-order chi connectivity index (χ1) is 15.4. The predicted octanol–water partition coefficient (Wildman–Crippen LogP) is 6.39. The van der Waals surface area contributed by atoms with Crippen LogP contribution in [0.2, 0.25) is 0 Å². The van der Waals surface area contributed by atoms with Crippen LogP contribution < -0.4 is 0 Å². The molecule has 0 aliphatic carbocycles. The summed E-state index contributed by atoms with van der Waals surface area (Å²) in [5, 5.41) is 23.8. The summed E-state index contributed by atoms with van der Waals surface area (Å²) in [5.41, 5.74) is 2.88. The van der Waals surface area contributed by atoms with E-state index in [4.69, 9.17) is 4.74 Å². The minimum Gasteiger partial charge on any atom is -0.511 e. The SMILES string of the molecule is Cc1nc(CCC2(C(C)C)CC(O)=C(Sc3cc(C)c(CO)cc3C(C)(C)C)C(=O)O2)cs1. The Morgan fingerprint density at radius 1 is 1.27 bits per heavy atom. The fourth-order valence-corrected chi connectivity index (χ4v) is 6.03. The van der Waals surface area contributed by atoms with Gasteiger partial charge < -0.3 is 14.9 Å². The molecule has 0 saturated carbocycles. The van der Waals surface area contributed by atoms with Gasteiger partial charge >= 0.3 is 5.97 Å². The molecule has 2 aromatic rings. The number of cyclic esters (lactones) is 1. The van der Waals surface area contributed by atoms with Gasteiger partial charge in [0.2, 0.25) is 0 Å². The highest BCUT2D eigenvalue weighted by Gasteiger charge is 2.44. The van der Waals surface area contributed by atoms with Crippen LogP contribution in [0.5, 0.6) is 0 Å². The highest BCUT2D eigenvalue weighted by atomic mass is 32.2. The number of benzene rings is 1. The number of aliphatic hydroxyl groups excluding tert-OH is 2. The molecule has 0 saturated heterocycles. The molecule has 1 unspecified atom stereocenters. The molecule has 0 amide bonds. The molecular weight excluding hydrogens is 454 g/mol. The summed E-state index contributed by atoms with van der Waals surface area (Å²) >= 11 is 2.87. The van der Waals surface area contributed by atoms with Gasteiger partial charge in [-0.25, -0.2) is 9.78 Å². The number of carbonyl (C=O) groups is 1. The molecule has 1 aliphatic rings. The van der Waals surface area contributed by atoms with E-state index >= 15 is 0 Å². The number of aryl methyl sites for hydroxylation is 3. The van der Waals surface area contributed by atoms with Crippen LogP contribution in [-0.2, 0) is 28.0 Å². The summed E-state index contributed by atoms with van der Waals surface area (Å²) in [6.45, 7) is 14.2. The van der Waals surface area contributed by atoms with E-state index < -0.39 is 11.6 Å².